The van der Waals surface area contributed by atoms with E-state index >= 15 is 0 Å². The van der Waals surface area contributed by atoms with Crippen LogP contribution in [0.5, 0.6) is 5.75 Å². The fourth-order valence-electron chi connectivity index (χ4n) is 2.10. The van der Waals surface area contributed by atoms with Gasteiger partial charge in [-0.2, -0.15) is 0 Å². The molecule has 1 aromatic carbocycles. The minimum absolute atomic E-state index is 0.0143. The van der Waals surface area contributed by atoms with E-state index in [4.69, 9.17) is 4.74 Å². The van der Waals surface area contributed by atoms with E-state index in [2.05, 4.69) is 10.3 Å². The van der Waals surface area contributed by atoms with Gasteiger partial charge in [-0.3, -0.25) is 9.59 Å². The molecule has 106 valence electrons. The van der Waals surface area contributed by atoms with Crippen LogP contribution < -0.4 is 15.5 Å². The Kier molecular flexibility index (Phi) is 4.40. The van der Waals surface area contributed by atoms with Crippen LogP contribution in [0.25, 0.3) is 10.9 Å². The van der Waals surface area contributed by atoms with Crippen LogP contribution in [0.3, 0.4) is 0 Å². The molecular weight excluding hydrogens is 256 g/mol. The molecule has 0 saturated carbocycles. The van der Waals surface area contributed by atoms with Crippen molar-refractivity contribution >= 4 is 16.8 Å². The van der Waals surface area contributed by atoms with E-state index in [9.17, 15) is 9.59 Å². The normalized spacial score (nSPS) is 10.5. The fraction of sp³-hybridized carbons (Fsp3) is 0.333. The molecular formula is C15H18N2O3. The Morgan fingerprint density at radius 2 is 2.20 bits per heavy atom. The molecule has 0 aliphatic carbocycles. The molecule has 0 unspecified atom stereocenters. The lowest BCUT2D eigenvalue weighted by atomic mass is 10.1. The molecule has 0 atom stereocenters. The van der Waals surface area contributed by atoms with Crippen molar-refractivity contribution in [2.45, 2.75) is 19.8 Å². The van der Waals surface area contributed by atoms with Crippen LogP contribution in [0, 0.1) is 0 Å². The number of aryl methyl sites for hydroxylation is 1. The second-order valence-electron chi connectivity index (χ2n) is 4.64. The number of aromatic amines is 1. The Balaban J connectivity index is 2.20. The number of ether oxygens (including phenoxy) is 1. The first-order valence-corrected chi connectivity index (χ1v) is 6.54. The van der Waals surface area contributed by atoms with Crippen LogP contribution >= 0.6 is 0 Å². The van der Waals surface area contributed by atoms with E-state index in [0.717, 1.165) is 17.5 Å². The number of carbonyl (C=O) groups is 1. The minimum atomic E-state index is -0.0536. The summed E-state index contributed by atoms with van der Waals surface area (Å²) in [5.74, 6) is 0.612. The molecule has 0 fully saturated rings. The van der Waals surface area contributed by atoms with Crippen molar-refractivity contribution in [1.82, 2.24) is 10.3 Å². The van der Waals surface area contributed by atoms with Gasteiger partial charge >= 0.3 is 0 Å². The van der Waals surface area contributed by atoms with E-state index < -0.39 is 0 Å². The van der Waals surface area contributed by atoms with Crippen LogP contribution in [0.15, 0.2) is 29.2 Å². The molecule has 5 nitrogen and oxygen atoms in total. The van der Waals surface area contributed by atoms with E-state index in [-0.39, 0.29) is 11.3 Å². The van der Waals surface area contributed by atoms with Gasteiger partial charge in [0, 0.05) is 36.1 Å². The molecule has 0 radical (unpaired) electrons. The average molecular weight is 274 g/mol. The summed E-state index contributed by atoms with van der Waals surface area (Å²) in [6.07, 6.45) is 3.10. The van der Waals surface area contributed by atoms with Gasteiger partial charge in [0.1, 0.15) is 5.75 Å². The van der Waals surface area contributed by atoms with Gasteiger partial charge in [0.15, 0.2) is 5.43 Å². The Hall–Kier alpha value is -2.30. The van der Waals surface area contributed by atoms with Crippen LogP contribution in [0.2, 0.25) is 0 Å². The Bertz CT molecular complexity index is 676. The highest BCUT2D eigenvalue weighted by atomic mass is 16.5. The lowest BCUT2D eigenvalue weighted by Gasteiger charge is -2.06. The quantitative estimate of drug-likeness (QED) is 0.814. The minimum Gasteiger partial charge on any atom is -0.497 e. The third-order valence-corrected chi connectivity index (χ3v) is 3.16. The van der Waals surface area contributed by atoms with Crippen LogP contribution in [-0.4, -0.2) is 24.5 Å². The van der Waals surface area contributed by atoms with E-state index in [1.165, 1.54) is 6.92 Å². The standard InChI is InChI=1S/C15H18N2O3/c1-10(18)16-7-3-4-11-9-17-14-6-5-12(20-2)8-13(14)15(11)19/h5-6,8-9H,3-4,7H2,1-2H3,(H,16,18)(H,17,19). The summed E-state index contributed by atoms with van der Waals surface area (Å²) < 4.78 is 5.14. The van der Waals surface area contributed by atoms with Gasteiger partial charge in [0.25, 0.3) is 0 Å². The number of aromatic nitrogens is 1. The Labute approximate surface area is 117 Å². The molecule has 1 aromatic heterocycles. The van der Waals surface area contributed by atoms with E-state index in [0.29, 0.717) is 24.1 Å². The van der Waals surface area contributed by atoms with Crippen LogP contribution in [-0.2, 0) is 11.2 Å². The number of nitrogens with one attached hydrogen (secondary N) is 2. The number of rotatable bonds is 5. The average Bonchev–Trinajstić information content (AvgIpc) is 2.45. The lowest BCUT2D eigenvalue weighted by Crippen LogP contribution is -2.22. The summed E-state index contributed by atoms with van der Waals surface area (Å²) in [5, 5.41) is 3.35. The topological polar surface area (TPSA) is 71.2 Å². The maximum Gasteiger partial charge on any atom is 0.216 e. The molecule has 1 amide bonds. The predicted octanol–water partition coefficient (Wildman–Crippen LogP) is 1.61. The van der Waals surface area contributed by atoms with Gasteiger partial charge in [0.05, 0.1) is 7.11 Å². The third kappa shape index (κ3) is 3.17. The largest absolute Gasteiger partial charge is 0.497 e. The monoisotopic (exact) mass is 274 g/mol. The highest BCUT2D eigenvalue weighted by Crippen LogP contribution is 2.16. The van der Waals surface area contributed by atoms with Crippen molar-refractivity contribution in [3.63, 3.8) is 0 Å². The molecule has 1 heterocycles. The summed E-state index contributed by atoms with van der Waals surface area (Å²) in [5.41, 5.74) is 1.53. The number of amides is 1. The fourth-order valence-corrected chi connectivity index (χ4v) is 2.10. The zero-order chi connectivity index (χ0) is 14.5. The number of benzene rings is 1. The highest BCUT2D eigenvalue weighted by Gasteiger charge is 2.06. The van der Waals surface area contributed by atoms with E-state index in [1.54, 1.807) is 19.4 Å². The van der Waals surface area contributed by atoms with Crippen molar-refractivity contribution in [2.75, 3.05) is 13.7 Å². The molecule has 2 N–H and O–H groups in total. The molecule has 20 heavy (non-hydrogen) atoms. The number of carbonyl (C=O) groups excluding carboxylic acids is 1. The van der Waals surface area contributed by atoms with Gasteiger partial charge < -0.3 is 15.0 Å². The lowest BCUT2D eigenvalue weighted by molar-refractivity contribution is -0.118. The van der Waals surface area contributed by atoms with Gasteiger partial charge in [-0.15, -0.1) is 0 Å². The number of H-pyrrole nitrogens is 1. The van der Waals surface area contributed by atoms with Crippen molar-refractivity contribution in [2.24, 2.45) is 0 Å². The molecule has 2 aromatic rings. The number of hydrogen-bond acceptors (Lipinski definition) is 3. The molecule has 2 rings (SSSR count). The van der Waals surface area contributed by atoms with Gasteiger partial charge in [-0.05, 0) is 31.0 Å². The van der Waals surface area contributed by atoms with Crippen LogP contribution in [0.1, 0.15) is 18.9 Å². The second kappa shape index (κ2) is 6.23. The molecule has 0 aliphatic rings. The first kappa shape index (κ1) is 14.1. The van der Waals surface area contributed by atoms with Crippen molar-refractivity contribution in [3.8, 4) is 5.75 Å². The number of hydrogen-bond donors (Lipinski definition) is 2. The predicted molar refractivity (Wildman–Crippen MR) is 78.1 cm³/mol. The Morgan fingerprint density at radius 3 is 2.90 bits per heavy atom. The SMILES string of the molecule is COc1ccc2[nH]cc(CCCNC(C)=O)c(=O)c2c1. The second-order valence-corrected chi connectivity index (χ2v) is 4.64. The number of fused-ring (bicyclic) bond motifs is 1. The Morgan fingerprint density at radius 1 is 1.40 bits per heavy atom. The highest BCUT2D eigenvalue weighted by molar-refractivity contribution is 5.80. The van der Waals surface area contributed by atoms with Crippen molar-refractivity contribution in [3.05, 3.63) is 40.2 Å². The van der Waals surface area contributed by atoms with Crippen molar-refractivity contribution < 1.29 is 9.53 Å². The van der Waals surface area contributed by atoms with Crippen LogP contribution in [0.4, 0.5) is 0 Å². The first-order chi connectivity index (χ1) is 9.61. The zero-order valence-electron chi connectivity index (χ0n) is 11.7. The summed E-state index contributed by atoms with van der Waals surface area (Å²) in [6.45, 7) is 2.06. The van der Waals surface area contributed by atoms with Gasteiger partial charge in [-0.25, -0.2) is 0 Å². The molecule has 0 saturated heterocycles. The van der Waals surface area contributed by atoms with E-state index in [1.807, 2.05) is 12.1 Å². The smallest absolute Gasteiger partial charge is 0.216 e. The summed E-state index contributed by atoms with van der Waals surface area (Å²) >= 11 is 0. The summed E-state index contributed by atoms with van der Waals surface area (Å²) in [4.78, 5) is 26.3. The van der Waals surface area contributed by atoms with Gasteiger partial charge in [0.2, 0.25) is 5.91 Å². The first-order valence-electron chi connectivity index (χ1n) is 6.54. The van der Waals surface area contributed by atoms with Gasteiger partial charge in [-0.1, -0.05) is 0 Å². The summed E-state index contributed by atoms with van der Waals surface area (Å²) in [7, 11) is 1.58. The molecule has 5 heteroatoms. The van der Waals surface area contributed by atoms with Crippen molar-refractivity contribution in [1.29, 1.82) is 0 Å². The molecule has 0 aliphatic heterocycles. The molecule has 0 spiro atoms. The third-order valence-electron chi connectivity index (χ3n) is 3.16. The molecule has 0 bridgehead atoms. The maximum atomic E-state index is 12.4. The maximum absolute atomic E-state index is 12.4. The number of methoxy groups -OCH3 is 1. The zero-order valence-corrected chi connectivity index (χ0v) is 11.7. The number of pyridine rings is 1. The summed E-state index contributed by atoms with van der Waals surface area (Å²) in [6, 6.07) is 5.39.